The lowest BCUT2D eigenvalue weighted by Crippen LogP contribution is -2.45. The highest BCUT2D eigenvalue weighted by Gasteiger charge is 2.10. The zero-order chi connectivity index (χ0) is 14.3. The summed E-state index contributed by atoms with van der Waals surface area (Å²) in [7, 11) is 0. The van der Waals surface area contributed by atoms with Gasteiger partial charge in [-0.2, -0.15) is 0 Å². The fraction of sp³-hybridized carbons (Fsp3) is 0.500. The van der Waals surface area contributed by atoms with E-state index in [0.717, 1.165) is 31.2 Å². The normalized spacial score (nSPS) is 18.3. The molecule has 2 rings (SSSR count). The van der Waals surface area contributed by atoms with E-state index in [1.165, 1.54) is 6.20 Å². The van der Waals surface area contributed by atoms with Crippen LogP contribution in [0.3, 0.4) is 0 Å². The van der Waals surface area contributed by atoms with Gasteiger partial charge in [-0.05, 0) is 6.08 Å². The molecule has 106 valence electrons. The van der Waals surface area contributed by atoms with Crippen molar-refractivity contribution in [3.05, 3.63) is 23.9 Å². The molecule has 0 radical (unpaired) electrons. The molecule has 2 aliphatic rings. The second kappa shape index (κ2) is 7.55. The van der Waals surface area contributed by atoms with Crippen molar-refractivity contribution in [1.82, 2.24) is 15.3 Å². The molecule has 0 unspecified atom stereocenters. The third-order valence-corrected chi connectivity index (χ3v) is 2.80. The van der Waals surface area contributed by atoms with Crippen molar-refractivity contribution in [2.45, 2.75) is 6.92 Å². The third kappa shape index (κ3) is 5.54. The van der Waals surface area contributed by atoms with Crippen LogP contribution in [-0.4, -0.2) is 59.6 Å². The molecule has 0 spiro atoms. The molecule has 1 amide bonds. The number of nitrogens with one attached hydrogen (secondary N) is 2. The fourth-order valence-corrected chi connectivity index (χ4v) is 1.69. The lowest BCUT2D eigenvalue weighted by molar-refractivity contribution is -0.129. The van der Waals surface area contributed by atoms with Crippen LogP contribution in [-0.2, 0) is 4.79 Å². The van der Waals surface area contributed by atoms with Crippen LogP contribution in [0.1, 0.15) is 6.92 Å². The van der Waals surface area contributed by atoms with E-state index in [1.54, 1.807) is 19.1 Å². The van der Waals surface area contributed by atoms with Crippen molar-refractivity contribution in [2.75, 3.05) is 32.7 Å². The highest BCUT2D eigenvalue weighted by atomic mass is 16.5. The van der Waals surface area contributed by atoms with Crippen LogP contribution in [0.25, 0.3) is 0 Å². The summed E-state index contributed by atoms with van der Waals surface area (Å²) in [5.74, 6) is 0.194. The number of carbonyl (C=O) groups excluding carboxylic acids is 1. The topological polar surface area (TPSA) is 106 Å². The average molecular weight is 267 g/mol. The Hall–Kier alpha value is -1.86. The zero-order valence-electron chi connectivity index (χ0n) is 11.1. The van der Waals surface area contributed by atoms with Crippen LogP contribution in [0.2, 0.25) is 0 Å². The van der Waals surface area contributed by atoms with Gasteiger partial charge >= 0.3 is 0 Å². The van der Waals surface area contributed by atoms with E-state index in [1.807, 2.05) is 4.90 Å². The molecule has 2 heterocycles. The number of hydrogen-bond donors (Lipinski definition) is 4. The number of hydrogen-bond acceptors (Lipinski definition) is 5. The summed E-state index contributed by atoms with van der Waals surface area (Å²) in [5, 5.41) is 20.1. The highest BCUT2D eigenvalue weighted by Crippen LogP contribution is 2.03. The van der Waals surface area contributed by atoms with Crippen molar-refractivity contribution >= 4 is 11.7 Å². The van der Waals surface area contributed by atoms with E-state index in [-0.39, 0.29) is 11.7 Å². The maximum atomic E-state index is 10.7. The number of hydroxylamine groups is 2. The van der Waals surface area contributed by atoms with Crippen molar-refractivity contribution in [3.8, 4) is 0 Å². The molecule has 7 heteroatoms. The number of amides is 1. The van der Waals surface area contributed by atoms with Gasteiger partial charge in [0.05, 0.1) is 6.54 Å². The Balaban J connectivity index is 0.000000191. The first-order chi connectivity index (χ1) is 9.00. The van der Waals surface area contributed by atoms with Gasteiger partial charge in [0, 0.05) is 44.9 Å². The molecule has 7 nitrogen and oxygen atoms in total. The van der Waals surface area contributed by atoms with Crippen molar-refractivity contribution in [3.63, 3.8) is 0 Å². The Kier molecular flexibility index (Phi) is 6.04. The molecule has 2 aliphatic heterocycles. The first-order valence-corrected chi connectivity index (χ1v) is 6.14. The van der Waals surface area contributed by atoms with E-state index >= 15 is 0 Å². The number of rotatable bonds is 1. The number of piperazine rings is 1. The second-order valence-corrected chi connectivity index (χ2v) is 4.30. The SMILES string of the molecule is CC(=O)N1CCNCC1.N=C(N)C1=CC=CN(O)C1. The Morgan fingerprint density at radius 2 is 2.11 bits per heavy atom. The van der Waals surface area contributed by atoms with Gasteiger partial charge in [0.25, 0.3) is 0 Å². The summed E-state index contributed by atoms with van der Waals surface area (Å²) in [4.78, 5) is 12.6. The minimum absolute atomic E-state index is 0.00315. The summed E-state index contributed by atoms with van der Waals surface area (Å²) in [6.45, 7) is 5.54. The average Bonchev–Trinajstić information content (AvgIpc) is 2.40. The van der Waals surface area contributed by atoms with E-state index in [9.17, 15) is 4.79 Å². The van der Waals surface area contributed by atoms with E-state index in [2.05, 4.69) is 5.32 Å². The summed E-state index contributed by atoms with van der Waals surface area (Å²) < 4.78 is 0. The number of nitrogens with two attached hydrogens (primary N) is 1. The maximum Gasteiger partial charge on any atom is 0.219 e. The lowest BCUT2D eigenvalue weighted by Gasteiger charge is -2.25. The summed E-state index contributed by atoms with van der Waals surface area (Å²) in [6, 6.07) is 0. The van der Waals surface area contributed by atoms with Crippen molar-refractivity contribution < 1.29 is 10.0 Å². The van der Waals surface area contributed by atoms with Gasteiger partial charge in [-0.1, -0.05) is 6.08 Å². The quantitative estimate of drug-likeness (QED) is 0.379. The maximum absolute atomic E-state index is 10.7. The Morgan fingerprint density at radius 1 is 1.47 bits per heavy atom. The molecule has 1 saturated heterocycles. The van der Waals surface area contributed by atoms with Crippen LogP contribution in [0.15, 0.2) is 23.9 Å². The number of carbonyl (C=O) groups is 1. The Bertz CT molecular complexity index is 386. The highest BCUT2D eigenvalue weighted by molar-refractivity contribution is 5.95. The van der Waals surface area contributed by atoms with Gasteiger partial charge in [-0.15, -0.1) is 0 Å². The van der Waals surface area contributed by atoms with E-state index < -0.39 is 0 Å². The molecule has 19 heavy (non-hydrogen) atoms. The smallest absolute Gasteiger partial charge is 0.219 e. The van der Waals surface area contributed by atoms with Crippen LogP contribution in [0.5, 0.6) is 0 Å². The standard InChI is InChI=1S/C6H9N3O.C6H12N2O/c7-6(8)5-2-1-3-9(10)4-5;1-6(9)8-4-2-7-3-5-8/h1-3,10H,4H2,(H3,7,8);7H,2-5H2,1H3. The Labute approximate surface area is 112 Å². The van der Waals surface area contributed by atoms with Gasteiger partial charge in [-0.3, -0.25) is 20.5 Å². The molecular weight excluding hydrogens is 246 g/mol. The minimum Gasteiger partial charge on any atom is -0.384 e. The van der Waals surface area contributed by atoms with Crippen molar-refractivity contribution in [2.24, 2.45) is 5.73 Å². The van der Waals surface area contributed by atoms with E-state index in [0.29, 0.717) is 12.1 Å². The Morgan fingerprint density at radius 3 is 2.47 bits per heavy atom. The van der Waals surface area contributed by atoms with Gasteiger partial charge in [0.15, 0.2) is 0 Å². The third-order valence-electron chi connectivity index (χ3n) is 2.80. The summed E-state index contributed by atoms with van der Waals surface area (Å²) >= 11 is 0. The molecule has 0 aromatic rings. The fourth-order valence-electron chi connectivity index (χ4n) is 1.69. The molecule has 0 atom stereocenters. The number of nitrogens with zero attached hydrogens (tertiary/aromatic N) is 2. The molecule has 0 aromatic carbocycles. The lowest BCUT2D eigenvalue weighted by atomic mass is 10.2. The van der Waals surface area contributed by atoms with Crippen LogP contribution >= 0.6 is 0 Å². The van der Waals surface area contributed by atoms with Gasteiger partial charge in [0.2, 0.25) is 5.91 Å². The molecule has 5 N–H and O–H groups in total. The van der Waals surface area contributed by atoms with Gasteiger partial charge in [-0.25, -0.2) is 0 Å². The molecule has 0 aliphatic carbocycles. The zero-order valence-corrected chi connectivity index (χ0v) is 11.1. The van der Waals surface area contributed by atoms with Crippen LogP contribution in [0, 0.1) is 5.41 Å². The first-order valence-electron chi connectivity index (χ1n) is 6.14. The van der Waals surface area contributed by atoms with E-state index in [4.69, 9.17) is 16.4 Å². The van der Waals surface area contributed by atoms with Crippen LogP contribution < -0.4 is 11.1 Å². The largest absolute Gasteiger partial charge is 0.384 e. The number of amidine groups is 1. The summed E-state index contributed by atoms with van der Waals surface area (Å²) in [6.07, 6.45) is 4.85. The summed E-state index contributed by atoms with van der Waals surface area (Å²) in [5.41, 5.74) is 5.80. The first kappa shape index (κ1) is 15.2. The van der Waals surface area contributed by atoms with Crippen molar-refractivity contribution in [1.29, 1.82) is 5.41 Å². The second-order valence-electron chi connectivity index (χ2n) is 4.30. The van der Waals surface area contributed by atoms with Crippen LogP contribution in [0.4, 0.5) is 0 Å². The molecular formula is C12H21N5O2. The molecule has 0 bridgehead atoms. The number of allylic oxidation sites excluding steroid dienone is 2. The molecule has 1 fully saturated rings. The monoisotopic (exact) mass is 267 g/mol. The molecule has 0 saturated carbocycles. The minimum atomic E-state index is 0.00315. The van der Waals surface area contributed by atoms with Gasteiger partial charge < -0.3 is 16.0 Å². The predicted octanol–water partition coefficient (Wildman–Crippen LogP) is -0.495. The predicted molar refractivity (Wildman–Crippen MR) is 72.8 cm³/mol. The van der Waals surface area contributed by atoms with Gasteiger partial charge in [0.1, 0.15) is 5.84 Å². The molecule has 0 aromatic heterocycles.